The van der Waals surface area contributed by atoms with E-state index in [-0.39, 0.29) is 49.1 Å². The minimum absolute atomic E-state index is 0.0774. The van der Waals surface area contributed by atoms with Crippen LogP contribution < -0.4 is 19.9 Å². The van der Waals surface area contributed by atoms with E-state index >= 15 is 0 Å². The van der Waals surface area contributed by atoms with Crippen LogP contribution in [0.15, 0.2) is 54.8 Å². The maximum Gasteiger partial charge on any atom is 0.228 e. The van der Waals surface area contributed by atoms with Crippen LogP contribution in [0.3, 0.4) is 0 Å². The number of methoxy groups -OCH3 is 1. The third kappa shape index (κ3) is 5.08. The van der Waals surface area contributed by atoms with E-state index in [9.17, 15) is 4.79 Å². The Morgan fingerprint density at radius 1 is 1.22 bits per heavy atom. The summed E-state index contributed by atoms with van der Waals surface area (Å²) in [4.78, 5) is 26.2. The molecule has 0 radical (unpaired) electrons. The number of nitrogens with zero attached hydrogens (tertiary/aromatic N) is 8. The number of pyridine rings is 2. The Bertz CT molecular complexity index is 2070. The molecule has 0 spiro atoms. The van der Waals surface area contributed by atoms with Crippen LogP contribution in [0.25, 0.3) is 27.9 Å². The number of morpholine rings is 1. The van der Waals surface area contributed by atoms with Crippen LogP contribution in [0.2, 0.25) is 0 Å². The zero-order chi connectivity index (χ0) is 34.0. The minimum Gasteiger partial charge on any atom is -0.497 e. The smallest absolute Gasteiger partial charge is 0.228 e. The van der Waals surface area contributed by atoms with Gasteiger partial charge in [-0.2, -0.15) is 0 Å². The molecule has 2 saturated heterocycles. The first-order valence-corrected chi connectivity index (χ1v) is 15.1. The van der Waals surface area contributed by atoms with Gasteiger partial charge in [-0.25, -0.2) is 14.5 Å². The second-order valence-electron chi connectivity index (χ2n) is 12.0. The SMILES string of the molecule is [2H]c1c(N2C[C@@H]3C[C@H]2CO3)ccc2nc(-c3cnc(N(Cc4ccc(OC)cc4)CC([2H])([2H])[2H])c4nnc(NC(=O)[C@H]5C[C@H]5C)cc34)nn12. The first kappa shape index (κ1) is 23.5. The second kappa shape index (κ2) is 11.0. The zero-order valence-electron chi connectivity index (χ0n) is 29.0. The highest BCUT2D eigenvalue weighted by atomic mass is 16.5. The van der Waals surface area contributed by atoms with E-state index in [0.717, 1.165) is 30.6 Å². The van der Waals surface area contributed by atoms with Crippen LogP contribution >= 0.6 is 0 Å². The van der Waals surface area contributed by atoms with E-state index in [1.165, 1.54) is 4.52 Å². The van der Waals surface area contributed by atoms with Crippen LogP contribution in [0.4, 0.5) is 17.3 Å². The normalized spacial score (nSPS) is 23.5. The van der Waals surface area contributed by atoms with Crippen molar-refractivity contribution in [2.45, 2.75) is 45.3 Å². The maximum absolute atomic E-state index is 12.9. The molecule has 3 fully saturated rings. The molecule has 6 heterocycles. The van der Waals surface area contributed by atoms with Crippen molar-refractivity contribution in [1.29, 1.82) is 0 Å². The van der Waals surface area contributed by atoms with Crippen molar-refractivity contribution in [3.63, 3.8) is 0 Å². The molecule has 3 aliphatic rings. The number of rotatable bonds is 9. The Morgan fingerprint density at radius 3 is 2.82 bits per heavy atom. The lowest BCUT2D eigenvalue weighted by atomic mass is 10.1. The van der Waals surface area contributed by atoms with E-state index < -0.39 is 6.85 Å². The van der Waals surface area contributed by atoms with Crippen LogP contribution in [0.1, 0.15) is 37.7 Å². The molecule has 1 aromatic carbocycles. The Balaban J connectivity index is 1.22. The van der Waals surface area contributed by atoms with Crippen molar-refractivity contribution in [2.24, 2.45) is 11.8 Å². The molecule has 1 aliphatic carbocycles. The summed E-state index contributed by atoms with van der Waals surface area (Å²) in [6.45, 7) is 1.01. The van der Waals surface area contributed by atoms with Crippen LogP contribution in [0.5, 0.6) is 5.75 Å². The van der Waals surface area contributed by atoms with Crippen molar-refractivity contribution >= 4 is 39.8 Å². The number of nitrogens with one attached hydrogen (secondary N) is 1. The fraction of sp³-hybridized carbons (Fsp3) is 0.394. The van der Waals surface area contributed by atoms with E-state index in [4.69, 9.17) is 30.0 Å². The summed E-state index contributed by atoms with van der Waals surface area (Å²) in [5.74, 6) is 1.66. The molecule has 0 unspecified atom stereocenters. The molecule has 230 valence electrons. The molecule has 2 bridgehead atoms. The lowest BCUT2D eigenvalue weighted by Gasteiger charge is -2.28. The Labute approximate surface area is 266 Å². The topological polar surface area (TPSA) is 123 Å². The first-order valence-electron chi connectivity index (χ1n) is 17.1. The van der Waals surface area contributed by atoms with Gasteiger partial charge in [-0.15, -0.1) is 15.3 Å². The van der Waals surface area contributed by atoms with Crippen molar-refractivity contribution in [1.82, 2.24) is 29.8 Å². The summed E-state index contributed by atoms with van der Waals surface area (Å²) in [5.41, 5.74) is 2.93. The second-order valence-corrected chi connectivity index (χ2v) is 12.0. The molecule has 1 amide bonds. The van der Waals surface area contributed by atoms with Gasteiger partial charge in [0.2, 0.25) is 5.91 Å². The van der Waals surface area contributed by atoms with E-state index in [2.05, 4.69) is 20.4 Å². The van der Waals surface area contributed by atoms with Gasteiger partial charge in [0.15, 0.2) is 23.1 Å². The van der Waals surface area contributed by atoms with Gasteiger partial charge in [-0.05, 0) is 61.5 Å². The number of fused-ring (bicyclic) bond motifs is 4. The molecule has 12 heteroatoms. The van der Waals surface area contributed by atoms with Gasteiger partial charge in [0.05, 0.1) is 39.1 Å². The van der Waals surface area contributed by atoms with Crippen LogP contribution in [-0.4, -0.2) is 74.6 Å². The van der Waals surface area contributed by atoms with Gasteiger partial charge in [-0.1, -0.05) is 19.1 Å². The molecule has 12 nitrogen and oxygen atoms in total. The van der Waals surface area contributed by atoms with E-state index in [1.807, 2.05) is 43.3 Å². The van der Waals surface area contributed by atoms with E-state index in [0.29, 0.717) is 52.0 Å². The number of carbonyl (C=O) groups is 1. The van der Waals surface area contributed by atoms with Crippen LogP contribution in [0, 0.1) is 11.8 Å². The van der Waals surface area contributed by atoms with Crippen LogP contribution in [-0.2, 0) is 16.1 Å². The summed E-state index contributed by atoms with van der Waals surface area (Å²) in [5, 5.41) is 17.0. The summed E-state index contributed by atoms with van der Waals surface area (Å²) in [6, 6.07) is 13.1. The monoisotopic (exact) mass is 609 g/mol. The molecule has 4 atom stereocenters. The lowest BCUT2D eigenvalue weighted by Crippen LogP contribution is -2.37. The Hall–Kier alpha value is -4.84. The summed E-state index contributed by atoms with van der Waals surface area (Å²) in [7, 11) is 1.59. The molecule has 1 N–H and O–H groups in total. The van der Waals surface area contributed by atoms with Gasteiger partial charge in [0, 0.05) is 46.8 Å². The Kier molecular flexibility index (Phi) is 5.73. The Morgan fingerprint density at radius 2 is 2.09 bits per heavy atom. The number of benzene rings is 1. The molecular weight excluding hydrogens is 570 g/mol. The molecule has 5 aromatic rings. The molecule has 2 aliphatic heterocycles. The number of ether oxygens (including phenoxy) is 2. The lowest BCUT2D eigenvalue weighted by molar-refractivity contribution is -0.117. The molecule has 45 heavy (non-hydrogen) atoms. The quantitative estimate of drug-likeness (QED) is 0.258. The third-order valence-corrected chi connectivity index (χ3v) is 9.03. The van der Waals surface area contributed by atoms with E-state index in [1.54, 1.807) is 24.3 Å². The molecule has 8 rings (SSSR count). The number of aromatic nitrogens is 6. The average Bonchev–Trinajstić information content (AvgIpc) is 3.41. The van der Waals surface area contributed by atoms with Gasteiger partial charge < -0.3 is 24.6 Å². The zero-order valence-corrected chi connectivity index (χ0v) is 25.0. The summed E-state index contributed by atoms with van der Waals surface area (Å²) < 4.78 is 45.9. The summed E-state index contributed by atoms with van der Waals surface area (Å²) >= 11 is 0. The van der Waals surface area contributed by atoms with Crippen molar-refractivity contribution in [3.05, 3.63) is 60.4 Å². The molecule has 4 aromatic heterocycles. The fourth-order valence-corrected chi connectivity index (χ4v) is 6.33. The molecular formula is C33H35N9O3. The van der Waals surface area contributed by atoms with Crippen molar-refractivity contribution < 1.29 is 19.8 Å². The highest BCUT2D eigenvalue weighted by Crippen LogP contribution is 2.39. The van der Waals surface area contributed by atoms with Crippen molar-refractivity contribution in [3.8, 4) is 17.1 Å². The van der Waals surface area contributed by atoms with Gasteiger partial charge in [0.25, 0.3) is 0 Å². The largest absolute Gasteiger partial charge is 0.497 e. The number of carbonyl (C=O) groups excluding carboxylic acids is 1. The highest BCUT2D eigenvalue weighted by molar-refractivity contribution is 6.01. The first-order chi connectivity index (χ1) is 23.5. The van der Waals surface area contributed by atoms with Gasteiger partial charge in [0.1, 0.15) is 11.3 Å². The highest BCUT2D eigenvalue weighted by Gasteiger charge is 2.40. The molecule has 1 saturated carbocycles. The number of anilines is 3. The predicted molar refractivity (Wildman–Crippen MR) is 170 cm³/mol. The maximum atomic E-state index is 12.9. The minimum atomic E-state index is -2.31. The standard InChI is InChI=1S/C33H35N9O3/c1-4-40(15-20-5-8-23(44-3)9-6-20)32-30-26(13-28(37-38-30)35-33(43)25-11-19(25)2)27(14-34-32)31-36-29-10-7-21(16-42(29)39-31)41-17-24-12-22(41)18-45-24/h5-10,13-14,16,19,22,24-25H,4,11-12,15,17-18H2,1-3H3,(H,35,37,43)/t19-,22+,24+,25+/m1/s1/i1D3,16D. The fourth-order valence-electron chi connectivity index (χ4n) is 6.33. The average molecular weight is 610 g/mol. The third-order valence-electron chi connectivity index (χ3n) is 9.03. The van der Waals surface area contributed by atoms with Gasteiger partial charge >= 0.3 is 0 Å². The number of hydrogen-bond donors (Lipinski definition) is 1. The van der Waals surface area contributed by atoms with Gasteiger partial charge in [-0.3, -0.25) is 4.79 Å². The predicted octanol–water partition coefficient (Wildman–Crippen LogP) is 4.34. The van der Waals surface area contributed by atoms with Crippen molar-refractivity contribution in [2.75, 3.05) is 41.9 Å². The number of hydrogen-bond acceptors (Lipinski definition) is 10. The number of amides is 1. The summed E-state index contributed by atoms with van der Waals surface area (Å²) in [6.07, 6.45) is 3.74.